The van der Waals surface area contributed by atoms with Gasteiger partial charge < -0.3 is 9.64 Å². The fourth-order valence-corrected chi connectivity index (χ4v) is 2.29. The molecule has 0 bridgehead atoms. The molecule has 1 heterocycles. The molecule has 0 atom stereocenters. The average molecular weight is 269 g/mol. The molecule has 0 unspecified atom stereocenters. The summed E-state index contributed by atoms with van der Waals surface area (Å²) in [6.45, 7) is 5.12. The van der Waals surface area contributed by atoms with Crippen LogP contribution >= 0.6 is 11.3 Å². The molecule has 1 amide bonds. The van der Waals surface area contributed by atoms with Crippen molar-refractivity contribution in [2.24, 2.45) is 0 Å². The van der Waals surface area contributed by atoms with Crippen molar-refractivity contribution < 1.29 is 14.3 Å². The van der Waals surface area contributed by atoms with Gasteiger partial charge in [0.1, 0.15) is 0 Å². The third-order valence-corrected chi connectivity index (χ3v) is 3.41. The van der Waals surface area contributed by atoms with Gasteiger partial charge >= 0.3 is 5.97 Å². The van der Waals surface area contributed by atoms with E-state index in [1.54, 1.807) is 23.2 Å². The Morgan fingerprint density at radius 3 is 2.72 bits per heavy atom. The standard InChI is InChI=1S/C13H19NO3S/c1-3-14(8-7-13(16)17-4-2)12(15)10-11-6-5-9-18-11/h5-6,9H,3-4,7-8,10H2,1-2H3. The van der Waals surface area contributed by atoms with Crippen LogP contribution in [0, 0.1) is 0 Å². The maximum absolute atomic E-state index is 12.0. The van der Waals surface area contributed by atoms with E-state index < -0.39 is 0 Å². The lowest BCUT2D eigenvalue weighted by atomic mass is 10.3. The molecule has 0 N–H and O–H groups in total. The second-order valence-corrected chi connectivity index (χ2v) is 4.82. The maximum atomic E-state index is 12.0. The van der Waals surface area contributed by atoms with Crippen LogP contribution in [0.1, 0.15) is 25.1 Å². The van der Waals surface area contributed by atoms with Gasteiger partial charge in [0, 0.05) is 18.0 Å². The second-order valence-electron chi connectivity index (χ2n) is 3.78. The highest BCUT2D eigenvalue weighted by Crippen LogP contribution is 2.10. The summed E-state index contributed by atoms with van der Waals surface area (Å²) >= 11 is 1.57. The summed E-state index contributed by atoms with van der Waals surface area (Å²) in [5, 5.41) is 1.96. The van der Waals surface area contributed by atoms with Crippen LogP contribution in [-0.2, 0) is 20.7 Å². The van der Waals surface area contributed by atoms with Crippen LogP contribution in [0.3, 0.4) is 0 Å². The van der Waals surface area contributed by atoms with Crippen molar-refractivity contribution in [1.82, 2.24) is 4.90 Å². The molecule has 1 aromatic rings. The molecule has 0 aliphatic carbocycles. The van der Waals surface area contributed by atoms with Crippen LogP contribution in [0.25, 0.3) is 0 Å². The molecule has 1 rings (SSSR count). The van der Waals surface area contributed by atoms with Crippen LogP contribution in [0.4, 0.5) is 0 Å². The van der Waals surface area contributed by atoms with Gasteiger partial charge in [0.25, 0.3) is 0 Å². The van der Waals surface area contributed by atoms with Crippen LogP contribution < -0.4 is 0 Å². The molecule has 0 aliphatic rings. The van der Waals surface area contributed by atoms with Crippen molar-refractivity contribution in [3.05, 3.63) is 22.4 Å². The first-order chi connectivity index (χ1) is 8.67. The molecule has 100 valence electrons. The van der Waals surface area contributed by atoms with Crippen molar-refractivity contribution in [3.63, 3.8) is 0 Å². The lowest BCUT2D eigenvalue weighted by Gasteiger charge is -2.20. The van der Waals surface area contributed by atoms with Crippen molar-refractivity contribution >= 4 is 23.2 Å². The number of ether oxygens (including phenoxy) is 1. The SMILES string of the molecule is CCOC(=O)CCN(CC)C(=O)Cc1cccs1. The Labute approximate surface area is 112 Å². The fourth-order valence-electron chi connectivity index (χ4n) is 1.59. The molecule has 0 spiro atoms. The van der Waals surface area contributed by atoms with E-state index in [4.69, 9.17) is 4.74 Å². The molecule has 0 fully saturated rings. The summed E-state index contributed by atoms with van der Waals surface area (Å²) < 4.78 is 4.85. The first-order valence-corrected chi connectivity index (χ1v) is 7.01. The van der Waals surface area contributed by atoms with Gasteiger partial charge in [-0.05, 0) is 25.3 Å². The Morgan fingerprint density at radius 1 is 1.39 bits per heavy atom. The normalized spacial score (nSPS) is 10.1. The number of thiophene rings is 1. The molecule has 4 nitrogen and oxygen atoms in total. The summed E-state index contributed by atoms with van der Waals surface area (Å²) in [5.74, 6) is -0.191. The highest BCUT2D eigenvalue weighted by Gasteiger charge is 2.14. The predicted octanol–water partition coefficient (Wildman–Crippen LogP) is 2.09. The Morgan fingerprint density at radius 2 is 2.17 bits per heavy atom. The van der Waals surface area contributed by atoms with Gasteiger partial charge in [-0.1, -0.05) is 6.07 Å². The molecule has 5 heteroatoms. The topological polar surface area (TPSA) is 46.6 Å². The second kappa shape index (κ2) is 7.87. The van der Waals surface area contributed by atoms with Crippen molar-refractivity contribution in [1.29, 1.82) is 0 Å². The number of rotatable bonds is 7. The summed E-state index contributed by atoms with van der Waals surface area (Å²) in [5.41, 5.74) is 0. The van der Waals surface area contributed by atoms with E-state index in [-0.39, 0.29) is 18.3 Å². The largest absolute Gasteiger partial charge is 0.466 e. The maximum Gasteiger partial charge on any atom is 0.307 e. The summed E-state index contributed by atoms with van der Waals surface area (Å²) in [4.78, 5) is 26.0. The highest BCUT2D eigenvalue weighted by molar-refractivity contribution is 7.10. The Hall–Kier alpha value is -1.36. The predicted molar refractivity (Wildman–Crippen MR) is 71.5 cm³/mol. The Balaban J connectivity index is 2.40. The number of esters is 1. The molecule has 0 radical (unpaired) electrons. The van der Waals surface area contributed by atoms with Gasteiger partial charge in [-0.3, -0.25) is 9.59 Å². The molecular weight excluding hydrogens is 250 g/mol. The van der Waals surface area contributed by atoms with Gasteiger partial charge in [0.2, 0.25) is 5.91 Å². The van der Waals surface area contributed by atoms with E-state index in [1.165, 1.54) is 0 Å². The van der Waals surface area contributed by atoms with E-state index in [0.717, 1.165) is 4.88 Å². The van der Waals surface area contributed by atoms with Gasteiger partial charge in [0.05, 0.1) is 19.4 Å². The lowest BCUT2D eigenvalue weighted by molar-refractivity contribution is -0.144. The minimum absolute atomic E-state index is 0.0595. The molecule has 0 aliphatic heterocycles. The third kappa shape index (κ3) is 4.87. The van der Waals surface area contributed by atoms with Crippen LogP contribution in [0.15, 0.2) is 17.5 Å². The first kappa shape index (κ1) is 14.7. The van der Waals surface area contributed by atoms with Crippen LogP contribution in [0.2, 0.25) is 0 Å². The third-order valence-electron chi connectivity index (χ3n) is 2.53. The number of carbonyl (C=O) groups is 2. The van der Waals surface area contributed by atoms with E-state index >= 15 is 0 Å². The van der Waals surface area contributed by atoms with Crippen LogP contribution in [-0.4, -0.2) is 36.5 Å². The average Bonchev–Trinajstić information content (AvgIpc) is 2.83. The van der Waals surface area contributed by atoms with Crippen molar-refractivity contribution in [2.45, 2.75) is 26.7 Å². The van der Waals surface area contributed by atoms with Gasteiger partial charge in [-0.2, -0.15) is 0 Å². The molecule has 0 saturated carbocycles. The molecule has 1 aromatic heterocycles. The van der Waals surface area contributed by atoms with E-state index in [1.807, 2.05) is 24.4 Å². The monoisotopic (exact) mass is 269 g/mol. The Kier molecular flexibility index (Phi) is 6.43. The number of likely N-dealkylation sites (N-methyl/N-ethyl adjacent to an activating group) is 1. The quantitative estimate of drug-likeness (QED) is 0.712. The smallest absolute Gasteiger partial charge is 0.307 e. The van der Waals surface area contributed by atoms with Crippen LogP contribution in [0.5, 0.6) is 0 Å². The molecule has 18 heavy (non-hydrogen) atoms. The number of carbonyl (C=O) groups excluding carboxylic acids is 2. The minimum atomic E-state index is -0.250. The first-order valence-electron chi connectivity index (χ1n) is 6.13. The number of hydrogen-bond acceptors (Lipinski definition) is 4. The van der Waals surface area contributed by atoms with Crippen molar-refractivity contribution in [3.8, 4) is 0 Å². The fraction of sp³-hybridized carbons (Fsp3) is 0.538. The molecule has 0 saturated heterocycles. The summed E-state index contributed by atoms with van der Waals surface area (Å²) in [7, 11) is 0. The highest BCUT2D eigenvalue weighted by atomic mass is 32.1. The lowest BCUT2D eigenvalue weighted by Crippen LogP contribution is -2.34. The molecule has 0 aromatic carbocycles. The minimum Gasteiger partial charge on any atom is -0.466 e. The summed E-state index contributed by atoms with van der Waals surface area (Å²) in [6, 6.07) is 3.88. The van der Waals surface area contributed by atoms with Gasteiger partial charge in [-0.25, -0.2) is 0 Å². The zero-order valence-corrected chi connectivity index (χ0v) is 11.7. The zero-order valence-electron chi connectivity index (χ0n) is 10.8. The number of nitrogens with zero attached hydrogens (tertiary/aromatic N) is 1. The van der Waals surface area contributed by atoms with E-state index in [0.29, 0.717) is 26.1 Å². The van der Waals surface area contributed by atoms with Gasteiger partial charge in [0.15, 0.2) is 0 Å². The van der Waals surface area contributed by atoms with E-state index in [9.17, 15) is 9.59 Å². The van der Waals surface area contributed by atoms with Crippen molar-refractivity contribution in [2.75, 3.05) is 19.7 Å². The Bertz CT molecular complexity index is 376. The molecular formula is C13H19NO3S. The number of amides is 1. The zero-order chi connectivity index (χ0) is 13.4. The number of hydrogen-bond donors (Lipinski definition) is 0. The van der Waals surface area contributed by atoms with E-state index in [2.05, 4.69) is 0 Å². The summed E-state index contributed by atoms with van der Waals surface area (Å²) in [6.07, 6.45) is 0.673. The van der Waals surface area contributed by atoms with Gasteiger partial charge in [-0.15, -0.1) is 11.3 Å².